The average Bonchev–Trinajstić information content (AvgIpc) is 2.06. The first-order chi connectivity index (χ1) is 5.29. The van der Waals surface area contributed by atoms with Crippen molar-refractivity contribution >= 4 is 22.6 Å². The van der Waals surface area contributed by atoms with Gasteiger partial charge in [0.05, 0.1) is 0 Å². The Morgan fingerprint density at radius 1 is 1.00 bits per heavy atom. The van der Waals surface area contributed by atoms with E-state index in [1.807, 2.05) is 0 Å². The molecule has 0 amide bonds. The van der Waals surface area contributed by atoms with Crippen molar-refractivity contribution in [1.29, 1.82) is 0 Å². The van der Waals surface area contributed by atoms with Crippen LogP contribution in [-0.4, -0.2) is 3.42 Å². The summed E-state index contributed by atoms with van der Waals surface area (Å²) in [5.74, 6) is 6.91. The van der Waals surface area contributed by atoms with Crippen molar-refractivity contribution in [3.05, 3.63) is 12.7 Å². The van der Waals surface area contributed by atoms with Crippen molar-refractivity contribution in [2.45, 2.75) is 3.42 Å². The Balaban J connectivity index is 1.81. The molecule has 0 unspecified atom stereocenters. The van der Waals surface area contributed by atoms with E-state index >= 15 is 0 Å². The number of alkyl halides is 1. The molecule has 0 spiro atoms. The van der Waals surface area contributed by atoms with Crippen LogP contribution in [0.3, 0.4) is 0 Å². The van der Waals surface area contributed by atoms with Crippen molar-refractivity contribution in [1.82, 2.24) is 0 Å². The van der Waals surface area contributed by atoms with Crippen LogP contribution in [0.2, 0.25) is 0 Å². The molecule has 0 aromatic carbocycles. The highest BCUT2D eigenvalue weighted by atomic mass is 127. The van der Waals surface area contributed by atoms with Gasteiger partial charge in [-0.2, -0.15) is 0 Å². The van der Waals surface area contributed by atoms with Gasteiger partial charge in [-0.3, -0.25) is 0 Å². The van der Waals surface area contributed by atoms with Crippen molar-refractivity contribution in [3.63, 3.8) is 0 Å². The second kappa shape index (κ2) is 0.948. The summed E-state index contributed by atoms with van der Waals surface area (Å²) in [6.45, 7) is 4.02. The summed E-state index contributed by atoms with van der Waals surface area (Å²) >= 11 is 2.77. The van der Waals surface area contributed by atoms with Gasteiger partial charge in [0.25, 0.3) is 0 Å². The molecule has 6 rings (SSSR count). The molecule has 1 heteroatoms. The first-order valence-corrected chi connectivity index (χ1v) is 5.70. The maximum absolute atomic E-state index is 4.02. The summed E-state index contributed by atoms with van der Waals surface area (Å²) in [6, 6.07) is 0. The van der Waals surface area contributed by atoms with Gasteiger partial charge < -0.3 is 0 Å². The van der Waals surface area contributed by atoms with Crippen LogP contribution >= 0.6 is 22.6 Å². The molecule has 0 nitrogen and oxygen atoms in total. The Bertz CT molecular complexity index is 276. The van der Waals surface area contributed by atoms with Crippen LogP contribution in [0.25, 0.3) is 0 Å². The van der Waals surface area contributed by atoms with E-state index in [4.69, 9.17) is 0 Å². The van der Waals surface area contributed by atoms with Crippen molar-refractivity contribution < 1.29 is 0 Å². The summed E-state index contributed by atoms with van der Waals surface area (Å²) in [6.07, 6.45) is 2.31. The number of allylic oxidation sites excluding steroid dienone is 1. The monoisotopic (exact) mass is 256 g/mol. The maximum atomic E-state index is 4.02. The fraction of sp³-hybridized carbons (Fsp3) is 0.800. The van der Waals surface area contributed by atoms with E-state index in [1.54, 1.807) is 0 Å². The molecule has 0 heterocycles. The van der Waals surface area contributed by atoms with Gasteiger partial charge in [-0.1, -0.05) is 28.7 Å². The fourth-order valence-electron chi connectivity index (χ4n) is 5.89. The first-order valence-electron chi connectivity index (χ1n) is 4.62. The largest absolute Gasteiger partial charge is 0.102 e. The molecular weight excluding hydrogens is 247 g/mol. The molecule has 0 atom stereocenters. The zero-order chi connectivity index (χ0) is 7.17. The van der Waals surface area contributed by atoms with Crippen LogP contribution < -0.4 is 0 Å². The molecular formula is C10H9I. The molecule has 56 valence electrons. The van der Waals surface area contributed by atoms with Crippen LogP contribution in [0.4, 0.5) is 0 Å². The molecule has 0 bridgehead atoms. The van der Waals surface area contributed by atoms with Gasteiger partial charge in [0.15, 0.2) is 0 Å². The van der Waals surface area contributed by atoms with Crippen LogP contribution in [0.5, 0.6) is 0 Å². The van der Waals surface area contributed by atoms with Crippen LogP contribution in [0.1, 0.15) is 0 Å². The normalized spacial score (nSPS) is 95.0. The zero-order valence-electron chi connectivity index (χ0n) is 6.13. The van der Waals surface area contributed by atoms with Crippen molar-refractivity contribution in [2.24, 2.45) is 40.9 Å². The van der Waals surface area contributed by atoms with E-state index in [9.17, 15) is 0 Å². The van der Waals surface area contributed by atoms with Crippen molar-refractivity contribution in [3.8, 4) is 0 Å². The predicted octanol–water partition coefficient (Wildman–Crippen LogP) is 2.10. The number of rotatable bonds is 1. The SMILES string of the molecule is C=CC12C3C4C1C1C2C3C41I. The molecule has 0 aromatic rings. The zero-order valence-corrected chi connectivity index (χ0v) is 8.28. The Labute approximate surface area is 79.6 Å². The molecule has 0 N–H and O–H groups in total. The fourth-order valence-corrected chi connectivity index (χ4v) is 8.21. The quantitative estimate of drug-likeness (QED) is 0.383. The van der Waals surface area contributed by atoms with E-state index in [2.05, 4.69) is 35.2 Å². The number of hydrogen-bond donors (Lipinski definition) is 0. The Kier molecular flexibility index (Phi) is 0.453. The minimum atomic E-state index is 0.743. The Morgan fingerprint density at radius 3 is 1.82 bits per heavy atom. The molecule has 6 aliphatic carbocycles. The Morgan fingerprint density at radius 2 is 1.45 bits per heavy atom. The first kappa shape index (κ1) is 5.25. The molecule has 6 aliphatic rings. The summed E-state index contributed by atoms with van der Waals surface area (Å²) in [7, 11) is 0. The Hall–Kier alpha value is 0.470. The summed E-state index contributed by atoms with van der Waals surface area (Å²) < 4.78 is 0.864. The van der Waals surface area contributed by atoms with E-state index < -0.39 is 0 Å². The van der Waals surface area contributed by atoms with E-state index in [-0.39, 0.29) is 0 Å². The summed E-state index contributed by atoms with van der Waals surface area (Å²) in [5.41, 5.74) is 0.743. The summed E-state index contributed by atoms with van der Waals surface area (Å²) in [5, 5.41) is 0. The van der Waals surface area contributed by atoms with Crippen LogP contribution in [-0.2, 0) is 0 Å². The molecule has 0 aliphatic heterocycles. The minimum Gasteiger partial charge on any atom is -0.102 e. The molecule has 0 radical (unpaired) electrons. The number of hydrogen-bond acceptors (Lipinski definition) is 0. The molecule has 6 fully saturated rings. The van der Waals surface area contributed by atoms with Gasteiger partial charge in [0, 0.05) is 3.42 Å². The van der Waals surface area contributed by atoms with Gasteiger partial charge in [-0.05, 0) is 40.9 Å². The van der Waals surface area contributed by atoms with E-state index in [0.29, 0.717) is 0 Å². The molecule has 11 heavy (non-hydrogen) atoms. The van der Waals surface area contributed by atoms with Crippen LogP contribution in [0, 0.1) is 40.9 Å². The lowest BCUT2D eigenvalue weighted by Crippen LogP contribution is -3.10. The van der Waals surface area contributed by atoms with Gasteiger partial charge >= 0.3 is 0 Å². The molecule has 0 saturated heterocycles. The summed E-state index contributed by atoms with van der Waals surface area (Å²) in [4.78, 5) is 0. The van der Waals surface area contributed by atoms with E-state index in [0.717, 1.165) is 26.6 Å². The molecule has 0 aromatic heterocycles. The number of halogens is 1. The van der Waals surface area contributed by atoms with Crippen molar-refractivity contribution in [2.75, 3.05) is 0 Å². The van der Waals surface area contributed by atoms with Gasteiger partial charge in [-0.25, -0.2) is 0 Å². The standard InChI is InChI=1S/C10H9I/c1-2-9-3-6-4(9)8-5(9)7(3)10(6,8)11/h2-8H,1H2. The lowest BCUT2D eigenvalue weighted by atomic mass is 8.96. The third-order valence-electron chi connectivity index (χ3n) is 5.94. The second-order valence-electron chi connectivity index (χ2n) is 5.19. The van der Waals surface area contributed by atoms with Gasteiger partial charge in [0.2, 0.25) is 0 Å². The lowest BCUT2D eigenvalue weighted by Gasteiger charge is -3.10. The van der Waals surface area contributed by atoms with Gasteiger partial charge in [0.1, 0.15) is 0 Å². The predicted molar refractivity (Wildman–Crippen MR) is 50.3 cm³/mol. The third kappa shape index (κ3) is 0.186. The highest BCUT2D eigenvalue weighted by Crippen LogP contribution is 3.09. The third-order valence-corrected chi connectivity index (χ3v) is 8.10. The topological polar surface area (TPSA) is 0 Å². The highest BCUT2D eigenvalue weighted by molar-refractivity contribution is 14.1. The average molecular weight is 256 g/mol. The molecule has 6 saturated carbocycles. The highest BCUT2D eigenvalue weighted by Gasteiger charge is 3.08. The maximum Gasteiger partial charge on any atom is 0.0325 e. The van der Waals surface area contributed by atoms with E-state index in [1.165, 1.54) is 17.8 Å². The van der Waals surface area contributed by atoms with Crippen LogP contribution in [0.15, 0.2) is 12.7 Å². The van der Waals surface area contributed by atoms with Gasteiger partial charge in [-0.15, -0.1) is 6.58 Å². The second-order valence-corrected chi connectivity index (χ2v) is 7.05. The smallest absolute Gasteiger partial charge is 0.0325 e. The lowest BCUT2D eigenvalue weighted by molar-refractivity contribution is -0.574. The minimum absolute atomic E-state index is 0.743.